The molecule has 0 aliphatic rings. The average molecular weight is 400 g/mol. The second-order valence-electron chi connectivity index (χ2n) is 6.79. The maximum absolute atomic E-state index is 12.6. The maximum atomic E-state index is 12.6. The van der Waals surface area contributed by atoms with E-state index in [1.165, 1.54) is 4.57 Å². The Balaban J connectivity index is 1.40. The number of hydrogen-bond donors (Lipinski definition) is 1. The van der Waals surface area contributed by atoms with Crippen molar-refractivity contribution in [2.75, 3.05) is 5.32 Å². The molecule has 0 bridgehead atoms. The summed E-state index contributed by atoms with van der Waals surface area (Å²) in [6.45, 7) is 1.68. The molecule has 1 amide bonds. The molecule has 30 heavy (non-hydrogen) atoms. The number of amides is 1. The molecule has 5 aromatic rings. The van der Waals surface area contributed by atoms with E-state index in [2.05, 4.69) is 20.6 Å². The first-order valence-electron chi connectivity index (χ1n) is 9.26. The van der Waals surface area contributed by atoms with Crippen molar-refractivity contribution in [2.24, 2.45) is 0 Å². The van der Waals surface area contributed by atoms with Crippen LogP contribution in [0, 0.1) is 6.92 Å². The molecule has 9 heteroatoms. The fourth-order valence-electron chi connectivity index (χ4n) is 3.31. The lowest BCUT2D eigenvalue weighted by Gasteiger charge is -2.08. The van der Waals surface area contributed by atoms with Crippen LogP contribution in [0.2, 0.25) is 0 Å². The molecule has 0 fully saturated rings. The number of aryl methyl sites for hydroxylation is 1. The number of nitrogens with one attached hydrogen (secondary N) is 1. The van der Waals surface area contributed by atoms with E-state index in [1.54, 1.807) is 34.8 Å². The highest BCUT2D eigenvalue weighted by Gasteiger charge is 2.13. The van der Waals surface area contributed by atoms with Gasteiger partial charge in [-0.3, -0.25) is 9.36 Å². The van der Waals surface area contributed by atoms with E-state index in [0.717, 1.165) is 11.3 Å². The Morgan fingerprint density at radius 2 is 1.93 bits per heavy atom. The molecule has 5 rings (SSSR count). The number of anilines is 1. The normalized spacial score (nSPS) is 11.2. The molecular weight excluding hydrogens is 384 g/mol. The van der Waals surface area contributed by atoms with E-state index >= 15 is 0 Å². The Morgan fingerprint density at radius 3 is 2.83 bits per heavy atom. The maximum Gasteiger partial charge on any atom is 0.420 e. The quantitative estimate of drug-likeness (QED) is 0.497. The summed E-state index contributed by atoms with van der Waals surface area (Å²) in [7, 11) is 0. The standard InChI is InChI=1S/C21H16N6O3/c1-13-23-24-19-10-9-16(25-27(13)19)14-5-4-6-15(11-14)22-20(28)12-26-17-7-2-3-8-18(17)30-21(26)29/h2-11H,12H2,1H3,(H,22,28). The predicted octanol–water partition coefficient (Wildman–Crippen LogP) is 2.65. The Bertz CT molecular complexity index is 1460. The summed E-state index contributed by atoms with van der Waals surface area (Å²) in [5.41, 5.74) is 3.84. The van der Waals surface area contributed by atoms with Crippen molar-refractivity contribution < 1.29 is 9.21 Å². The number of nitrogens with zero attached hydrogens (tertiary/aromatic N) is 5. The fourth-order valence-corrected chi connectivity index (χ4v) is 3.31. The lowest BCUT2D eigenvalue weighted by molar-refractivity contribution is -0.116. The van der Waals surface area contributed by atoms with Crippen molar-refractivity contribution in [1.29, 1.82) is 0 Å². The average Bonchev–Trinajstić information content (AvgIpc) is 3.27. The Hall–Kier alpha value is -4.27. The fraction of sp³-hybridized carbons (Fsp3) is 0.0952. The molecule has 0 spiro atoms. The van der Waals surface area contributed by atoms with Gasteiger partial charge in [0.25, 0.3) is 0 Å². The zero-order valence-corrected chi connectivity index (χ0v) is 15.9. The molecule has 3 aromatic heterocycles. The predicted molar refractivity (Wildman–Crippen MR) is 110 cm³/mol. The Morgan fingerprint density at radius 1 is 1.07 bits per heavy atom. The summed E-state index contributed by atoms with van der Waals surface area (Å²) in [4.78, 5) is 24.6. The third-order valence-electron chi connectivity index (χ3n) is 4.74. The van der Waals surface area contributed by atoms with Gasteiger partial charge in [0.05, 0.1) is 11.2 Å². The van der Waals surface area contributed by atoms with Gasteiger partial charge in [0.15, 0.2) is 17.1 Å². The van der Waals surface area contributed by atoms with E-state index in [9.17, 15) is 9.59 Å². The molecule has 0 radical (unpaired) electrons. The lowest BCUT2D eigenvalue weighted by atomic mass is 10.1. The van der Waals surface area contributed by atoms with Crippen molar-refractivity contribution in [3.05, 3.63) is 77.0 Å². The first kappa shape index (κ1) is 17.8. The van der Waals surface area contributed by atoms with Crippen LogP contribution in [-0.4, -0.2) is 30.3 Å². The molecule has 2 aromatic carbocycles. The highest BCUT2D eigenvalue weighted by Crippen LogP contribution is 2.21. The minimum atomic E-state index is -0.568. The summed E-state index contributed by atoms with van der Waals surface area (Å²) in [5.74, 6) is -0.213. The largest absolute Gasteiger partial charge is 0.420 e. The van der Waals surface area contributed by atoms with Crippen LogP contribution in [0.5, 0.6) is 0 Å². The van der Waals surface area contributed by atoms with Gasteiger partial charge < -0.3 is 9.73 Å². The van der Waals surface area contributed by atoms with E-state index in [0.29, 0.717) is 28.3 Å². The summed E-state index contributed by atoms with van der Waals surface area (Å²) in [5, 5.41) is 15.4. The van der Waals surface area contributed by atoms with Crippen LogP contribution in [0.15, 0.2) is 69.9 Å². The van der Waals surface area contributed by atoms with Crippen LogP contribution in [0.25, 0.3) is 28.0 Å². The van der Waals surface area contributed by atoms with E-state index < -0.39 is 5.76 Å². The van der Waals surface area contributed by atoms with Crippen molar-refractivity contribution in [3.8, 4) is 11.3 Å². The van der Waals surface area contributed by atoms with Gasteiger partial charge in [-0.2, -0.15) is 9.61 Å². The first-order chi connectivity index (χ1) is 14.6. The highest BCUT2D eigenvalue weighted by atomic mass is 16.4. The van der Waals surface area contributed by atoms with Gasteiger partial charge in [-0.05, 0) is 43.3 Å². The molecule has 9 nitrogen and oxygen atoms in total. The monoisotopic (exact) mass is 400 g/mol. The number of benzene rings is 2. The number of hydrogen-bond acceptors (Lipinski definition) is 6. The highest BCUT2D eigenvalue weighted by molar-refractivity contribution is 5.92. The summed E-state index contributed by atoms with van der Waals surface area (Å²) < 4.78 is 8.14. The molecular formula is C21H16N6O3. The summed E-state index contributed by atoms with van der Waals surface area (Å²) in [6, 6.07) is 18.0. The lowest BCUT2D eigenvalue weighted by Crippen LogP contribution is -2.24. The van der Waals surface area contributed by atoms with Crippen LogP contribution in [0.4, 0.5) is 5.69 Å². The van der Waals surface area contributed by atoms with Crippen molar-refractivity contribution in [1.82, 2.24) is 24.4 Å². The van der Waals surface area contributed by atoms with Crippen molar-refractivity contribution in [2.45, 2.75) is 13.5 Å². The van der Waals surface area contributed by atoms with Crippen LogP contribution < -0.4 is 11.1 Å². The zero-order chi connectivity index (χ0) is 20.7. The molecule has 0 saturated heterocycles. The summed E-state index contributed by atoms with van der Waals surface area (Å²) >= 11 is 0. The van der Waals surface area contributed by atoms with E-state index in [4.69, 9.17) is 4.42 Å². The third-order valence-corrected chi connectivity index (χ3v) is 4.74. The topological polar surface area (TPSA) is 107 Å². The zero-order valence-electron chi connectivity index (χ0n) is 15.9. The van der Waals surface area contributed by atoms with Gasteiger partial charge in [-0.25, -0.2) is 4.79 Å². The van der Waals surface area contributed by atoms with Gasteiger partial charge in [0, 0.05) is 11.3 Å². The van der Waals surface area contributed by atoms with Crippen LogP contribution in [0.3, 0.4) is 0 Å². The number of aromatic nitrogens is 5. The number of rotatable bonds is 4. The van der Waals surface area contributed by atoms with Crippen LogP contribution >= 0.6 is 0 Å². The minimum absolute atomic E-state index is 0.149. The van der Waals surface area contributed by atoms with E-state index in [-0.39, 0.29) is 12.5 Å². The second-order valence-corrected chi connectivity index (χ2v) is 6.79. The third kappa shape index (κ3) is 3.12. The van der Waals surface area contributed by atoms with Crippen LogP contribution in [0.1, 0.15) is 5.82 Å². The summed E-state index contributed by atoms with van der Waals surface area (Å²) in [6.07, 6.45) is 0. The second kappa shape index (κ2) is 6.96. The SMILES string of the molecule is Cc1nnc2ccc(-c3cccc(NC(=O)Cn4c(=O)oc5ccccc54)c3)nn12. The number of fused-ring (bicyclic) bond motifs is 2. The van der Waals surface area contributed by atoms with Gasteiger partial charge >= 0.3 is 5.76 Å². The van der Waals surface area contributed by atoms with Crippen LogP contribution in [-0.2, 0) is 11.3 Å². The molecule has 0 atom stereocenters. The number of oxazole rings is 1. The molecule has 1 N–H and O–H groups in total. The van der Waals surface area contributed by atoms with Crippen molar-refractivity contribution in [3.63, 3.8) is 0 Å². The molecule has 0 aliphatic carbocycles. The Labute approximate surface area is 169 Å². The molecule has 0 unspecified atom stereocenters. The molecule has 0 saturated carbocycles. The Kier molecular flexibility index (Phi) is 4.13. The van der Waals surface area contributed by atoms with Gasteiger partial charge in [0.1, 0.15) is 6.54 Å². The number of carbonyl (C=O) groups is 1. The molecule has 148 valence electrons. The van der Waals surface area contributed by atoms with Gasteiger partial charge in [0.2, 0.25) is 5.91 Å². The van der Waals surface area contributed by atoms with Gasteiger partial charge in [-0.15, -0.1) is 10.2 Å². The minimum Gasteiger partial charge on any atom is -0.408 e. The number of carbonyl (C=O) groups excluding carboxylic acids is 1. The first-order valence-corrected chi connectivity index (χ1v) is 9.26. The molecule has 3 heterocycles. The van der Waals surface area contributed by atoms with Crippen molar-refractivity contribution >= 4 is 28.3 Å². The molecule has 0 aliphatic heterocycles. The number of para-hydroxylation sites is 2. The van der Waals surface area contributed by atoms with E-state index in [1.807, 2.05) is 37.3 Å². The van der Waals surface area contributed by atoms with Gasteiger partial charge in [-0.1, -0.05) is 24.3 Å². The smallest absolute Gasteiger partial charge is 0.408 e.